The molecule has 1 aromatic heterocycles. The maximum Gasteiger partial charge on any atom is 0.329 e. The SMILES string of the molecule is C=c1nc2c(c(=O)[nH]1)=Nc1cc(C)c(C)cc1N2CCNCCCC(N)(C(=O)O)C(F)F. The lowest BCUT2D eigenvalue weighted by Crippen LogP contribution is -2.54. The standard InChI is InChI=1S/C21H26F2N6O3/c1-11-9-14-15(10-12(11)2)29(17-16(28-14)18(30)27-13(3)26-17)8-7-25-6-4-5-21(24,19(22)23)20(31)32/h9-10,19,25H,3-8,24H2,1-2H3,(H,27,30)(H,31,32). The van der Waals surface area contributed by atoms with Crippen LogP contribution in [0.15, 0.2) is 21.9 Å². The highest BCUT2D eigenvalue weighted by Gasteiger charge is 2.43. The van der Waals surface area contributed by atoms with Gasteiger partial charge in [-0.1, -0.05) is 6.58 Å². The zero-order chi connectivity index (χ0) is 23.6. The van der Waals surface area contributed by atoms with Crippen LogP contribution in [-0.4, -0.2) is 52.6 Å². The number of halogens is 2. The molecule has 0 saturated carbocycles. The summed E-state index contributed by atoms with van der Waals surface area (Å²) in [4.78, 5) is 36.7. The minimum Gasteiger partial charge on any atom is -0.480 e. The molecule has 0 fully saturated rings. The molecule has 0 aliphatic carbocycles. The van der Waals surface area contributed by atoms with Gasteiger partial charge in [-0.2, -0.15) is 0 Å². The number of hydrogen-bond donors (Lipinski definition) is 4. The van der Waals surface area contributed by atoms with Crippen LogP contribution >= 0.6 is 0 Å². The summed E-state index contributed by atoms with van der Waals surface area (Å²) < 4.78 is 26.0. The molecular weight excluding hydrogens is 422 g/mol. The summed E-state index contributed by atoms with van der Waals surface area (Å²) in [5.41, 5.74) is 6.14. The predicted molar refractivity (Wildman–Crippen MR) is 116 cm³/mol. The fraction of sp³-hybridized carbons (Fsp3) is 0.429. The number of carboxylic acid groups (broad SMARTS) is 1. The second kappa shape index (κ2) is 9.13. The van der Waals surface area contributed by atoms with Crippen LogP contribution in [0.2, 0.25) is 0 Å². The summed E-state index contributed by atoms with van der Waals surface area (Å²) in [6, 6.07) is 3.88. The van der Waals surface area contributed by atoms with E-state index in [0.29, 0.717) is 31.1 Å². The monoisotopic (exact) mass is 448 g/mol. The molecule has 3 rings (SSSR count). The lowest BCUT2D eigenvalue weighted by Gasteiger charge is -2.29. The van der Waals surface area contributed by atoms with E-state index < -0.39 is 17.9 Å². The molecule has 1 unspecified atom stereocenters. The smallest absolute Gasteiger partial charge is 0.329 e. The minimum absolute atomic E-state index is 0.162. The number of nitrogens with two attached hydrogens (primary N) is 1. The Bertz CT molecular complexity index is 1200. The summed E-state index contributed by atoms with van der Waals surface area (Å²) >= 11 is 0. The molecule has 11 heteroatoms. The Morgan fingerprint density at radius 1 is 1.34 bits per heavy atom. The number of H-pyrrole nitrogens is 1. The first-order valence-electron chi connectivity index (χ1n) is 10.1. The van der Waals surface area contributed by atoms with Crippen LogP contribution in [0.5, 0.6) is 0 Å². The molecule has 2 heterocycles. The van der Waals surface area contributed by atoms with E-state index in [0.717, 1.165) is 16.8 Å². The number of aromatic nitrogens is 2. The highest BCUT2D eigenvalue weighted by atomic mass is 19.3. The van der Waals surface area contributed by atoms with E-state index in [1.54, 1.807) is 0 Å². The molecule has 1 aliphatic heterocycles. The van der Waals surface area contributed by atoms with Crippen molar-refractivity contribution < 1.29 is 18.7 Å². The number of alkyl halides is 2. The van der Waals surface area contributed by atoms with Crippen molar-refractivity contribution in [3.8, 4) is 0 Å². The molecule has 1 aliphatic rings. The van der Waals surface area contributed by atoms with E-state index >= 15 is 0 Å². The van der Waals surface area contributed by atoms with Gasteiger partial charge in [0, 0.05) is 13.1 Å². The second-order valence-corrected chi connectivity index (χ2v) is 7.87. The van der Waals surface area contributed by atoms with Crippen molar-refractivity contribution in [3.63, 3.8) is 0 Å². The largest absolute Gasteiger partial charge is 0.480 e. The molecule has 5 N–H and O–H groups in total. The third-order valence-corrected chi connectivity index (χ3v) is 5.54. The maximum atomic E-state index is 13.0. The van der Waals surface area contributed by atoms with Crippen LogP contribution in [0, 0.1) is 13.8 Å². The van der Waals surface area contributed by atoms with E-state index in [1.165, 1.54) is 0 Å². The highest BCUT2D eigenvalue weighted by Crippen LogP contribution is 2.36. The van der Waals surface area contributed by atoms with Gasteiger partial charge in [0.05, 0.1) is 11.4 Å². The van der Waals surface area contributed by atoms with Crippen LogP contribution in [-0.2, 0) is 4.79 Å². The van der Waals surface area contributed by atoms with E-state index in [1.807, 2.05) is 30.9 Å². The summed E-state index contributed by atoms with van der Waals surface area (Å²) in [5, 5.41) is 12.3. The number of nitrogens with zero attached hydrogens (tertiary/aromatic N) is 3. The van der Waals surface area contributed by atoms with Crippen molar-refractivity contribution in [2.75, 3.05) is 24.5 Å². The second-order valence-electron chi connectivity index (χ2n) is 7.87. The zero-order valence-corrected chi connectivity index (χ0v) is 17.9. The first-order chi connectivity index (χ1) is 15.0. The first-order valence-corrected chi connectivity index (χ1v) is 10.1. The average molecular weight is 448 g/mol. The molecule has 0 radical (unpaired) electrons. The van der Waals surface area contributed by atoms with Crippen molar-refractivity contribution in [2.24, 2.45) is 10.7 Å². The molecule has 0 bridgehead atoms. The number of benzene rings is 1. The number of hydrogen-bond acceptors (Lipinski definition) is 7. The lowest BCUT2D eigenvalue weighted by molar-refractivity contribution is -0.150. The van der Waals surface area contributed by atoms with E-state index in [-0.39, 0.29) is 29.2 Å². The first kappa shape index (κ1) is 23.5. The number of anilines is 2. The molecule has 0 saturated heterocycles. The van der Waals surface area contributed by atoms with Gasteiger partial charge in [-0.15, -0.1) is 0 Å². The van der Waals surface area contributed by atoms with Gasteiger partial charge >= 0.3 is 5.97 Å². The number of rotatable bonds is 9. The minimum atomic E-state index is -3.15. The average Bonchev–Trinajstić information content (AvgIpc) is 2.71. The Morgan fingerprint density at radius 3 is 2.69 bits per heavy atom. The Morgan fingerprint density at radius 2 is 2.03 bits per heavy atom. The Kier molecular flexibility index (Phi) is 6.70. The molecule has 32 heavy (non-hydrogen) atoms. The Balaban J connectivity index is 1.74. The van der Waals surface area contributed by atoms with E-state index in [2.05, 4.69) is 26.9 Å². The number of aromatic amines is 1. The predicted octanol–water partition coefficient (Wildman–Crippen LogP) is 0.617. The highest BCUT2D eigenvalue weighted by molar-refractivity contribution is 5.79. The number of nitrogens with one attached hydrogen (secondary N) is 2. The van der Waals surface area contributed by atoms with Crippen LogP contribution in [0.1, 0.15) is 24.0 Å². The molecule has 1 aromatic carbocycles. The molecule has 172 valence electrons. The van der Waals surface area contributed by atoms with Crippen LogP contribution < -0.4 is 32.3 Å². The number of carboxylic acids is 1. The van der Waals surface area contributed by atoms with Crippen LogP contribution in [0.3, 0.4) is 0 Å². The quantitative estimate of drug-likeness (QED) is 0.413. The topological polar surface area (TPSA) is 137 Å². The van der Waals surface area contributed by atoms with Gasteiger partial charge in [0.15, 0.2) is 16.7 Å². The van der Waals surface area contributed by atoms with Gasteiger partial charge in [-0.3, -0.25) is 4.79 Å². The fourth-order valence-electron chi connectivity index (χ4n) is 3.47. The van der Waals surface area contributed by atoms with Crippen molar-refractivity contribution in [1.29, 1.82) is 0 Å². The maximum absolute atomic E-state index is 13.0. The molecule has 0 amide bonds. The van der Waals surface area contributed by atoms with E-state index in [9.17, 15) is 18.4 Å². The van der Waals surface area contributed by atoms with Gasteiger partial charge in [0.2, 0.25) is 0 Å². The van der Waals surface area contributed by atoms with Crippen molar-refractivity contribution in [3.05, 3.63) is 44.5 Å². The number of aliphatic carboxylic acids is 1. The van der Waals surface area contributed by atoms with Crippen molar-refractivity contribution in [2.45, 2.75) is 38.7 Å². The summed E-state index contributed by atoms with van der Waals surface area (Å²) in [6.45, 7) is 8.78. The lowest BCUT2D eigenvalue weighted by atomic mass is 9.95. The van der Waals surface area contributed by atoms with Gasteiger partial charge in [-0.05, 0) is 56.5 Å². The normalized spacial score (nSPS) is 14.5. The summed E-state index contributed by atoms with van der Waals surface area (Å²) in [7, 11) is 0. The van der Waals surface area contributed by atoms with Gasteiger partial charge in [-0.25, -0.2) is 23.6 Å². The fourth-order valence-corrected chi connectivity index (χ4v) is 3.47. The number of aryl methyl sites for hydroxylation is 2. The Hall–Kier alpha value is -3.18. The van der Waals surface area contributed by atoms with Crippen LogP contribution in [0.25, 0.3) is 6.58 Å². The van der Waals surface area contributed by atoms with Gasteiger partial charge < -0.3 is 26.0 Å². The third kappa shape index (κ3) is 4.53. The number of fused-ring (bicyclic) bond motifs is 2. The molecule has 1 atom stereocenters. The molecule has 0 spiro atoms. The van der Waals surface area contributed by atoms with Gasteiger partial charge in [0.1, 0.15) is 5.48 Å². The van der Waals surface area contributed by atoms with E-state index in [4.69, 9.17) is 10.8 Å². The molecular formula is C21H26F2N6O3. The summed E-state index contributed by atoms with van der Waals surface area (Å²) in [6.07, 6.45) is -3.35. The number of carbonyl (C=O) groups is 1. The van der Waals surface area contributed by atoms with Crippen LogP contribution in [0.4, 0.5) is 26.0 Å². The van der Waals surface area contributed by atoms with Gasteiger partial charge in [0.25, 0.3) is 12.0 Å². The Labute approximate surface area is 182 Å². The molecule has 9 nitrogen and oxygen atoms in total. The van der Waals surface area contributed by atoms with Crippen molar-refractivity contribution >= 4 is 29.7 Å². The molecule has 2 aromatic rings. The third-order valence-electron chi connectivity index (χ3n) is 5.54. The van der Waals surface area contributed by atoms with Crippen molar-refractivity contribution in [1.82, 2.24) is 15.3 Å². The summed E-state index contributed by atoms with van der Waals surface area (Å²) in [5.74, 6) is -1.33. The zero-order valence-electron chi connectivity index (χ0n) is 17.9.